The van der Waals surface area contributed by atoms with Gasteiger partial charge in [-0.05, 0) is 36.7 Å². The second-order valence-electron chi connectivity index (χ2n) is 6.51. The zero-order valence-corrected chi connectivity index (χ0v) is 17.5. The first-order valence-electron chi connectivity index (χ1n) is 9.02. The van der Waals surface area contributed by atoms with E-state index in [1.165, 1.54) is 11.3 Å². The van der Waals surface area contributed by atoms with Crippen LogP contribution in [0, 0.1) is 6.92 Å². The number of ether oxygens (including phenoxy) is 1. The van der Waals surface area contributed by atoms with E-state index in [1.54, 1.807) is 25.2 Å². The summed E-state index contributed by atoms with van der Waals surface area (Å²) in [4.78, 5) is 30.1. The van der Waals surface area contributed by atoms with Crippen molar-refractivity contribution in [1.29, 1.82) is 0 Å². The van der Waals surface area contributed by atoms with Crippen LogP contribution in [0.1, 0.15) is 22.3 Å². The highest BCUT2D eigenvalue weighted by atomic mass is 32.1. The Balaban J connectivity index is 1.47. The summed E-state index contributed by atoms with van der Waals surface area (Å²) in [5, 5.41) is 9.52. The second kappa shape index (κ2) is 8.14. The molecular weight excluding hydrogens is 404 g/mol. The molecule has 0 fully saturated rings. The van der Waals surface area contributed by atoms with Crippen LogP contribution in [0.4, 0.5) is 5.69 Å². The van der Waals surface area contributed by atoms with E-state index in [-0.39, 0.29) is 5.91 Å². The Hall–Kier alpha value is -3.03. The van der Waals surface area contributed by atoms with Gasteiger partial charge in [0, 0.05) is 22.0 Å². The van der Waals surface area contributed by atoms with Crippen LogP contribution in [0.2, 0.25) is 0 Å². The molecule has 146 valence electrons. The molecule has 1 unspecified atom stereocenters. The number of carbonyl (C=O) groups is 2. The molecule has 0 saturated heterocycles. The molecule has 29 heavy (non-hydrogen) atoms. The number of anilines is 1. The molecule has 7 heteroatoms. The lowest BCUT2D eigenvalue weighted by Gasteiger charge is -2.14. The molecule has 1 amide bonds. The minimum atomic E-state index is -0.937. The van der Waals surface area contributed by atoms with E-state index in [4.69, 9.17) is 4.74 Å². The van der Waals surface area contributed by atoms with E-state index in [9.17, 15) is 9.59 Å². The Kier molecular flexibility index (Phi) is 5.42. The summed E-state index contributed by atoms with van der Waals surface area (Å²) in [6.07, 6.45) is -0.937. The summed E-state index contributed by atoms with van der Waals surface area (Å²) in [5.74, 6) is -0.919. The number of aromatic nitrogens is 1. The van der Waals surface area contributed by atoms with Crippen LogP contribution in [-0.2, 0) is 9.53 Å². The van der Waals surface area contributed by atoms with Gasteiger partial charge in [0.25, 0.3) is 5.91 Å². The van der Waals surface area contributed by atoms with Crippen molar-refractivity contribution < 1.29 is 14.3 Å². The third-order valence-electron chi connectivity index (χ3n) is 4.45. The van der Waals surface area contributed by atoms with Crippen LogP contribution in [0.25, 0.3) is 21.3 Å². The Bertz CT molecular complexity index is 1180. The summed E-state index contributed by atoms with van der Waals surface area (Å²) in [6, 6.07) is 15.4. The molecule has 1 N–H and O–H groups in total. The number of amides is 1. The van der Waals surface area contributed by atoms with E-state index in [0.29, 0.717) is 16.3 Å². The molecule has 2 aromatic carbocycles. The van der Waals surface area contributed by atoms with Crippen molar-refractivity contribution in [3.05, 3.63) is 69.9 Å². The van der Waals surface area contributed by atoms with Crippen molar-refractivity contribution in [2.45, 2.75) is 20.0 Å². The summed E-state index contributed by atoms with van der Waals surface area (Å²) >= 11 is 2.85. The Morgan fingerprint density at radius 2 is 1.90 bits per heavy atom. The van der Waals surface area contributed by atoms with Crippen molar-refractivity contribution in [2.24, 2.45) is 0 Å². The maximum atomic E-state index is 12.6. The van der Waals surface area contributed by atoms with Crippen LogP contribution in [0.15, 0.2) is 59.3 Å². The van der Waals surface area contributed by atoms with Crippen LogP contribution >= 0.6 is 22.7 Å². The molecule has 2 aromatic heterocycles. The number of rotatable bonds is 5. The maximum absolute atomic E-state index is 12.6. The van der Waals surface area contributed by atoms with Gasteiger partial charge in [-0.2, -0.15) is 11.3 Å². The topological polar surface area (TPSA) is 68.3 Å². The summed E-state index contributed by atoms with van der Waals surface area (Å²) in [5.41, 5.74) is 2.26. The van der Waals surface area contributed by atoms with Crippen molar-refractivity contribution in [3.8, 4) is 10.6 Å². The van der Waals surface area contributed by atoms with E-state index < -0.39 is 12.1 Å². The molecule has 2 heterocycles. The lowest BCUT2D eigenvalue weighted by molar-refractivity contribution is -0.123. The van der Waals surface area contributed by atoms with Crippen molar-refractivity contribution in [2.75, 3.05) is 5.32 Å². The number of benzene rings is 2. The van der Waals surface area contributed by atoms with E-state index in [2.05, 4.69) is 10.3 Å². The summed E-state index contributed by atoms with van der Waals surface area (Å²) < 4.78 is 5.42. The predicted octanol–water partition coefficient (Wildman–Crippen LogP) is 5.52. The number of nitrogens with one attached hydrogen (secondary N) is 1. The van der Waals surface area contributed by atoms with Crippen LogP contribution in [0.3, 0.4) is 0 Å². The maximum Gasteiger partial charge on any atom is 0.351 e. The molecule has 4 aromatic rings. The number of esters is 1. The summed E-state index contributed by atoms with van der Waals surface area (Å²) in [6.45, 7) is 3.33. The van der Waals surface area contributed by atoms with Gasteiger partial charge in [-0.25, -0.2) is 9.78 Å². The van der Waals surface area contributed by atoms with Crippen molar-refractivity contribution in [3.63, 3.8) is 0 Å². The van der Waals surface area contributed by atoms with Gasteiger partial charge in [0.05, 0.1) is 5.69 Å². The van der Waals surface area contributed by atoms with Crippen molar-refractivity contribution in [1.82, 2.24) is 4.98 Å². The molecule has 0 aliphatic rings. The molecule has 0 aliphatic heterocycles. The lowest BCUT2D eigenvalue weighted by Crippen LogP contribution is -2.30. The molecule has 4 rings (SSSR count). The first kappa shape index (κ1) is 19.3. The number of carbonyl (C=O) groups excluding carboxylic acids is 2. The molecule has 1 atom stereocenters. The minimum absolute atomic E-state index is 0.380. The highest BCUT2D eigenvalue weighted by Gasteiger charge is 2.23. The molecule has 0 radical (unpaired) electrons. The molecule has 5 nitrogen and oxygen atoms in total. The first-order valence-corrected chi connectivity index (χ1v) is 10.8. The van der Waals surface area contributed by atoms with Crippen LogP contribution in [0.5, 0.6) is 0 Å². The highest BCUT2D eigenvalue weighted by Crippen LogP contribution is 2.30. The molecule has 0 aliphatic carbocycles. The van der Waals surface area contributed by atoms with Gasteiger partial charge in [0.1, 0.15) is 9.88 Å². The van der Waals surface area contributed by atoms with E-state index >= 15 is 0 Å². The molecule has 0 bridgehead atoms. The Morgan fingerprint density at radius 3 is 2.69 bits per heavy atom. The second-order valence-corrected chi connectivity index (χ2v) is 8.29. The molecular formula is C22H18N2O3S2. The van der Waals surface area contributed by atoms with Gasteiger partial charge in [0.15, 0.2) is 6.10 Å². The summed E-state index contributed by atoms with van der Waals surface area (Å²) in [7, 11) is 0. The number of thiazole rings is 1. The molecule has 0 spiro atoms. The number of nitrogens with zero attached hydrogens (tertiary/aromatic N) is 1. The monoisotopic (exact) mass is 422 g/mol. The quantitative estimate of drug-likeness (QED) is 0.430. The SMILES string of the molecule is Cc1nc(-c2ccsc2)sc1C(=O)OC(C)C(=O)Nc1cccc2ccccc12. The number of hydrogen-bond acceptors (Lipinski definition) is 6. The van der Waals surface area contributed by atoms with Gasteiger partial charge in [0.2, 0.25) is 0 Å². The third kappa shape index (κ3) is 4.06. The number of aryl methyl sites for hydroxylation is 1. The van der Waals surface area contributed by atoms with Gasteiger partial charge < -0.3 is 10.1 Å². The normalized spacial score (nSPS) is 11.9. The van der Waals surface area contributed by atoms with Crippen molar-refractivity contribution >= 4 is 51.0 Å². The fourth-order valence-corrected chi connectivity index (χ4v) is 4.59. The standard InChI is InChI=1S/C22H18N2O3S2/c1-13-19(29-21(23-13)16-10-11-28-12-16)22(26)27-14(2)20(25)24-18-9-5-7-15-6-3-4-8-17(15)18/h3-12,14H,1-2H3,(H,24,25). The Labute approximate surface area is 176 Å². The fourth-order valence-electron chi connectivity index (χ4n) is 2.93. The largest absolute Gasteiger partial charge is 0.448 e. The number of thiophene rings is 1. The predicted molar refractivity (Wildman–Crippen MR) is 118 cm³/mol. The van der Waals surface area contributed by atoms with Gasteiger partial charge in [-0.15, -0.1) is 11.3 Å². The molecule has 0 saturated carbocycles. The van der Waals surface area contributed by atoms with Gasteiger partial charge in [-0.3, -0.25) is 4.79 Å². The average Bonchev–Trinajstić information content (AvgIpc) is 3.38. The average molecular weight is 423 g/mol. The highest BCUT2D eigenvalue weighted by molar-refractivity contribution is 7.17. The number of fused-ring (bicyclic) bond motifs is 1. The van der Waals surface area contributed by atoms with Crippen LogP contribution in [-0.4, -0.2) is 23.0 Å². The van der Waals surface area contributed by atoms with E-state index in [1.807, 2.05) is 59.3 Å². The zero-order chi connectivity index (χ0) is 20.4. The Morgan fingerprint density at radius 1 is 1.10 bits per heavy atom. The smallest absolute Gasteiger partial charge is 0.351 e. The lowest BCUT2D eigenvalue weighted by atomic mass is 10.1. The van der Waals surface area contributed by atoms with Crippen LogP contribution < -0.4 is 5.32 Å². The first-order chi connectivity index (χ1) is 14.0. The third-order valence-corrected chi connectivity index (χ3v) is 6.32. The van der Waals surface area contributed by atoms with E-state index in [0.717, 1.165) is 21.3 Å². The minimum Gasteiger partial charge on any atom is -0.448 e. The van der Waals surface area contributed by atoms with Gasteiger partial charge in [-0.1, -0.05) is 36.4 Å². The fraction of sp³-hybridized carbons (Fsp3) is 0.136. The van der Waals surface area contributed by atoms with Gasteiger partial charge >= 0.3 is 5.97 Å². The zero-order valence-electron chi connectivity index (χ0n) is 15.8. The number of hydrogen-bond donors (Lipinski definition) is 1.